The second-order valence-electron chi connectivity index (χ2n) is 4.37. The highest BCUT2D eigenvalue weighted by Gasteiger charge is 2.00. The number of hydrogen-bond donors (Lipinski definition) is 2. The van der Waals surface area contributed by atoms with E-state index in [1.54, 1.807) is 0 Å². The lowest BCUT2D eigenvalue weighted by molar-refractivity contribution is 0.167. The van der Waals surface area contributed by atoms with Gasteiger partial charge in [0, 0.05) is 13.1 Å². The lowest BCUT2D eigenvalue weighted by Gasteiger charge is -2.09. The summed E-state index contributed by atoms with van der Waals surface area (Å²) in [7, 11) is 0. The van der Waals surface area contributed by atoms with Crippen LogP contribution in [0.5, 0.6) is 0 Å². The van der Waals surface area contributed by atoms with Crippen LogP contribution in [0.3, 0.4) is 0 Å². The molecule has 0 aliphatic heterocycles. The normalized spacial score (nSPS) is 12.8. The Morgan fingerprint density at radius 2 is 1.88 bits per heavy atom. The first-order chi connectivity index (χ1) is 8.29. The summed E-state index contributed by atoms with van der Waals surface area (Å²) in [6.07, 6.45) is 0.556. The van der Waals surface area contributed by atoms with Crippen molar-refractivity contribution in [2.45, 2.75) is 26.0 Å². The highest BCUT2D eigenvalue weighted by Crippen LogP contribution is 2.15. The third kappa shape index (κ3) is 3.29. The van der Waals surface area contributed by atoms with Gasteiger partial charge in [-0.15, -0.1) is 0 Å². The fourth-order valence-corrected chi connectivity index (χ4v) is 1.88. The quantitative estimate of drug-likeness (QED) is 0.826. The molecule has 17 heavy (non-hydrogen) atoms. The largest absolute Gasteiger partial charge is 0.392 e. The number of aliphatic hydroxyl groups is 1. The lowest BCUT2D eigenvalue weighted by atomic mass is 10.1. The highest BCUT2D eigenvalue weighted by molar-refractivity contribution is 5.82. The molecule has 1 atom stereocenters. The summed E-state index contributed by atoms with van der Waals surface area (Å²) >= 11 is 0. The Hall–Kier alpha value is -1.38. The van der Waals surface area contributed by atoms with Crippen molar-refractivity contribution in [3.63, 3.8) is 0 Å². The first kappa shape index (κ1) is 12.1. The molecule has 0 spiro atoms. The van der Waals surface area contributed by atoms with Crippen molar-refractivity contribution in [3.8, 4) is 0 Å². The van der Waals surface area contributed by atoms with E-state index in [0.717, 1.165) is 13.0 Å². The molecule has 0 saturated heterocycles. The topological polar surface area (TPSA) is 32.3 Å². The summed E-state index contributed by atoms with van der Waals surface area (Å²) in [6.45, 7) is 3.45. The molecule has 0 fully saturated rings. The Morgan fingerprint density at radius 3 is 2.65 bits per heavy atom. The van der Waals surface area contributed by atoms with E-state index in [2.05, 4.69) is 47.8 Å². The number of fused-ring (bicyclic) bond motifs is 1. The SMILES string of the molecule is CCC(O)CNCc1ccc2ccccc2c1. The van der Waals surface area contributed by atoms with E-state index in [4.69, 9.17) is 0 Å². The van der Waals surface area contributed by atoms with Gasteiger partial charge in [-0.3, -0.25) is 0 Å². The van der Waals surface area contributed by atoms with E-state index in [9.17, 15) is 5.11 Å². The highest BCUT2D eigenvalue weighted by atomic mass is 16.3. The van der Waals surface area contributed by atoms with Gasteiger partial charge < -0.3 is 10.4 Å². The molecule has 0 aliphatic carbocycles. The second-order valence-corrected chi connectivity index (χ2v) is 4.37. The van der Waals surface area contributed by atoms with Crippen molar-refractivity contribution in [2.24, 2.45) is 0 Å². The Balaban J connectivity index is 1.99. The van der Waals surface area contributed by atoms with Gasteiger partial charge in [0.2, 0.25) is 0 Å². The fourth-order valence-electron chi connectivity index (χ4n) is 1.88. The number of nitrogens with one attached hydrogen (secondary N) is 1. The van der Waals surface area contributed by atoms with E-state index < -0.39 is 0 Å². The minimum Gasteiger partial charge on any atom is -0.392 e. The first-order valence-corrected chi connectivity index (χ1v) is 6.16. The predicted molar refractivity (Wildman–Crippen MR) is 72.0 cm³/mol. The molecular formula is C15H19NO. The minimum absolute atomic E-state index is 0.240. The van der Waals surface area contributed by atoms with Crippen molar-refractivity contribution < 1.29 is 5.11 Å². The standard InChI is InChI=1S/C15H19NO/c1-2-15(17)11-16-10-12-7-8-13-5-3-4-6-14(13)9-12/h3-9,15-17H,2,10-11H2,1H3. The molecule has 0 radical (unpaired) electrons. The summed E-state index contributed by atoms with van der Waals surface area (Å²) in [6, 6.07) is 14.8. The number of benzene rings is 2. The molecule has 2 heteroatoms. The van der Waals surface area contributed by atoms with Gasteiger partial charge in [0.15, 0.2) is 0 Å². The van der Waals surface area contributed by atoms with E-state index >= 15 is 0 Å². The van der Waals surface area contributed by atoms with Crippen molar-refractivity contribution in [3.05, 3.63) is 48.0 Å². The van der Waals surface area contributed by atoms with Crippen LogP contribution in [0.4, 0.5) is 0 Å². The van der Waals surface area contributed by atoms with Gasteiger partial charge >= 0.3 is 0 Å². The zero-order valence-corrected chi connectivity index (χ0v) is 10.2. The van der Waals surface area contributed by atoms with Crippen LogP contribution >= 0.6 is 0 Å². The molecule has 0 bridgehead atoms. The molecule has 2 nitrogen and oxygen atoms in total. The fraction of sp³-hybridized carbons (Fsp3) is 0.333. The Labute approximate surface area is 102 Å². The average molecular weight is 229 g/mol. The number of rotatable bonds is 5. The molecule has 1 unspecified atom stereocenters. The number of hydrogen-bond acceptors (Lipinski definition) is 2. The van der Waals surface area contributed by atoms with Crippen molar-refractivity contribution in [2.75, 3.05) is 6.54 Å². The van der Waals surface area contributed by atoms with E-state index in [1.165, 1.54) is 16.3 Å². The van der Waals surface area contributed by atoms with Gasteiger partial charge in [0.25, 0.3) is 0 Å². The number of aliphatic hydroxyl groups excluding tert-OH is 1. The van der Waals surface area contributed by atoms with Gasteiger partial charge in [-0.25, -0.2) is 0 Å². The molecule has 2 rings (SSSR count). The van der Waals surface area contributed by atoms with Crippen molar-refractivity contribution >= 4 is 10.8 Å². The summed E-state index contributed by atoms with van der Waals surface area (Å²) in [5.41, 5.74) is 1.26. The van der Waals surface area contributed by atoms with Crippen molar-refractivity contribution in [1.29, 1.82) is 0 Å². The maximum absolute atomic E-state index is 9.45. The smallest absolute Gasteiger partial charge is 0.0662 e. The van der Waals surface area contributed by atoms with Gasteiger partial charge in [-0.1, -0.05) is 43.3 Å². The van der Waals surface area contributed by atoms with E-state index in [0.29, 0.717) is 6.54 Å². The van der Waals surface area contributed by atoms with Gasteiger partial charge in [-0.05, 0) is 28.8 Å². The molecule has 0 saturated carbocycles. The Kier molecular flexibility index (Phi) is 4.13. The maximum Gasteiger partial charge on any atom is 0.0662 e. The molecule has 0 aromatic heterocycles. The van der Waals surface area contributed by atoms with Crippen LogP contribution in [0.15, 0.2) is 42.5 Å². The monoisotopic (exact) mass is 229 g/mol. The van der Waals surface area contributed by atoms with Crippen LogP contribution in [-0.2, 0) is 6.54 Å². The lowest BCUT2D eigenvalue weighted by Crippen LogP contribution is -2.25. The van der Waals surface area contributed by atoms with Crippen molar-refractivity contribution in [1.82, 2.24) is 5.32 Å². The van der Waals surface area contributed by atoms with Crippen LogP contribution in [-0.4, -0.2) is 17.8 Å². The molecule has 0 amide bonds. The summed E-state index contributed by atoms with van der Waals surface area (Å²) in [4.78, 5) is 0. The average Bonchev–Trinajstić information content (AvgIpc) is 2.38. The molecular weight excluding hydrogens is 210 g/mol. The van der Waals surface area contributed by atoms with Crippen LogP contribution in [0.25, 0.3) is 10.8 Å². The Bertz CT molecular complexity index is 481. The third-order valence-electron chi connectivity index (χ3n) is 2.99. The maximum atomic E-state index is 9.45. The first-order valence-electron chi connectivity index (χ1n) is 6.16. The molecule has 2 aromatic carbocycles. The van der Waals surface area contributed by atoms with E-state index in [-0.39, 0.29) is 6.10 Å². The Morgan fingerprint density at radius 1 is 1.12 bits per heavy atom. The summed E-state index contributed by atoms with van der Waals surface area (Å²) in [5.74, 6) is 0. The van der Waals surface area contributed by atoms with Gasteiger partial charge in [0.1, 0.15) is 0 Å². The predicted octanol–water partition coefficient (Wildman–Crippen LogP) is 2.70. The molecule has 90 valence electrons. The van der Waals surface area contributed by atoms with Crippen LogP contribution < -0.4 is 5.32 Å². The zero-order valence-electron chi connectivity index (χ0n) is 10.2. The van der Waals surface area contributed by atoms with E-state index in [1.807, 2.05) is 6.92 Å². The van der Waals surface area contributed by atoms with Crippen LogP contribution in [0.2, 0.25) is 0 Å². The van der Waals surface area contributed by atoms with Gasteiger partial charge in [0.05, 0.1) is 6.10 Å². The summed E-state index contributed by atoms with van der Waals surface area (Å²) in [5, 5.41) is 15.2. The molecule has 0 heterocycles. The molecule has 2 aromatic rings. The van der Waals surface area contributed by atoms with Gasteiger partial charge in [-0.2, -0.15) is 0 Å². The molecule has 2 N–H and O–H groups in total. The second kappa shape index (κ2) is 5.80. The third-order valence-corrected chi connectivity index (χ3v) is 2.99. The van der Waals surface area contributed by atoms with Crippen LogP contribution in [0.1, 0.15) is 18.9 Å². The minimum atomic E-state index is -0.240. The van der Waals surface area contributed by atoms with Crippen LogP contribution in [0, 0.1) is 0 Å². The summed E-state index contributed by atoms with van der Waals surface area (Å²) < 4.78 is 0. The molecule has 0 aliphatic rings. The zero-order chi connectivity index (χ0) is 12.1.